The van der Waals surface area contributed by atoms with Crippen molar-refractivity contribution in [2.45, 2.75) is 111 Å². The standard InChI is InChI=1S/C18H22O4.C8H8Br2.2C5H8O2.CH4/c1-13(19)11-17(21)9-7-15-3-5-16(6-4-15)8-10-18(22)12-14(2)20;9-5-7-1-2-8(6-10)4-3-7;2*1-4(6)3-5(2)7;/h3-6H,7-12H2,1-2H3;1-4H,5-6H2;2*3H2,1-2H3;1H4. The molecule has 0 heterocycles. The lowest BCUT2D eigenvalue weighted by Gasteiger charge is -2.04. The highest BCUT2D eigenvalue weighted by molar-refractivity contribution is 9.08. The molecule has 0 bridgehead atoms. The monoisotopic (exact) mass is 780 g/mol. The van der Waals surface area contributed by atoms with Crippen LogP contribution in [0.5, 0.6) is 0 Å². The molecule has 0 radical (unpaired) electrons. The number of hydrogen-bond acceptors (Lipinski definition) is 8. The summed E-state index contributed by atoms with van der Waals surface area (Å²) in [6.07, 6.45) is 2.17. The maximum atomic E-state index is 11.5. The maximum absolute atomic E-state index is 11.5. The first kappa shape index (κ1) is 48.2. The number of aryl methyl sites for hydroxylation is 2. The molecular weight excluding hydrogens is 732 g/mol. The van der Waals surface area contributed by atoms with Gasteiger partial charge in [-0.15, -0.1) is 0 Å². The van der Waals surface area contributed by atoms with E-state index in [1.54, 1.807) is 0 Å². The number of hydrogen-bond donors (Lipinski definition) is 0. The summed E-state index contributed by atoms with van der Waals surface area (Å²) < 4.78 is 0. The summed E-state index contributed by atoms with van der Waals surface area (Å²) in [4.78, 5) is 84.7. The Bertz CT molecular complexity index is 1170. The Balaban J connectivity index is -0.000000638. The van der Waals surface area contributed by atoms with Crippen LogP contribution in [-0.4, -0.2) is 46.3 Å². The van der Waals surface area contributed by atoms with Gasteiger partial charge in [-0.05, 0) is 76.6 Å². The molecule has 0 N–H and O–H groups in total. The van der Waals surface area contributed by atoms with Crippen LogP contribution in [-0.2, 0) is 61.9 Å². The van der Waals surface area contributed by atoms with Crippen molar-refractivity contribution in [3.05, 3.63) is 70.8 Å². The Morgan fingerprint density at radius 3 is 0.787 bits per heavy atom. The highest BCUT2D eigenvalue weighted by atomic mass is 79.9. The molecule has 0 saturated heterocycles. The van der Waals surface area contributed by atoms with Gasteiger partial charge in [0.2, 0.25) is 0 Å². The number of carbonyl (C=O) groups is 8. The molecule has 8 nitrogen and oxygen atoms in total. The van der Waals surface area contributed by atoms with Crippen molar-refractivity contribution >= 4 is 78.1 Å². The van der Waals surface area contributed by atoms with E-state index in [1.165, 1.54) is 52.7 Å². The van der Waals surface area contributed by atoms with E-state index in [0.717, 1.165) is 21.8 Å². The van der Waals surface area contributed by atoms with E-state index in [0.29, 0.717) is 25.7 Å². The molecule has 2 aromatic rings. The van der Waals surface area contributed by atoms with Gasteiger partial charge in [0.05, 0.1) is 25.7 Å². The van der Waals surface area contributed by atoms with E-state index >= 15 is 0 Å². The van der Waals surface area contributed by atoms with Gasteiger partial charge in [-0.2, -0.15) is 0 Å². The second-order valence-corrected chi connectivity index (χ2v) is 12.0. The number of halogens is 2. The summed E-state index contributed by atoms with van der Waals surface area (Å²) in [5.74, 6) is -0.524. The molecule has 0 saturated carbocycles. The Hall–Kier alpha value is -3.24. The maximum Gasteiger partial charge on any atom is 0.140 e. The number of ketones is 8. The van der Waals surface area contributed by atoms with Gasteiger partial charge in [0.1, 0.15) is 46.3 Å². The largest absolute Gasteiger partial charge is 0.300 e. The fourth-order valence-corrected chi connectivity index (χ4v) is 4.34. The topological polar surface area (TPSA) is 137 Å². The van der Waals surface area contributed by atoms with Crippen molar-refractivity contribution in [3.8, 4) is 0 Å². The molecule has 0 aromatic heterocycles. The van der Waals surface area contributed by atoms with Crippen molar-refractivity contribution in [1.29, 1.82) is 0 Å². The molecule has 260 valence electrons. The lowest BCUT2D eigenvalue weighted by molar-refractivity contribution is -0.127. The smallest absolute Gasteiger partial charge is 0.140 e. The average molecular weight is 783 g/mol. The number of rotatable bonds is 16. The third kappa shape index (κ3) is 32.5. The fraction of sp³-hybridized carbons (Fsp3) is 0.459. The van der Waals surface area contributed by atoms with Gasteiger partial charge in [-0.3, -0.25) is 38.4 Å². The van der Waals surface area contributed by atoms with Crippen LogP contribution in [0.1, 0.15) is 110 Å². The predicted octanol–water partition coefficient (Wildman–Crippen LogP) is 7.87. The summed E-state index contributed by atoms with van der Waals surface area (Å²) in [6, 6.07) is 16.3. The van der Waals surface area contributed by atoms with Crippen LogP contribution in [0.3, 0.4) is 0 Å². The summed E-state index contributed by atoms with van der Waals surface area (Å²) in [5.41, 5.74) is 4.72. The van der Waals surface area contributed by atoms with E-state index in [1.807, 2.05) is 24.3 Å². The zero-order valence-electron chi connectivity index (χ0n) is 27.7. The number of carbonyl (C=O) groups excluding carboxylic acids is 8. The van der Waals surface area contributed by atoms with Crippen molar-refractivity contribution in [1.82, 2.24) is 0 Å². The zero-order valence-corrected chi connectivity index (χ0v) is 30.9. The van der Waals surface area contributed by atoms with E-state index in [9.17, 15) is 38.4 Å². The highest BCUT2D eigenvalue weighted by Gasteiger charge is 2.07. The Kier molecular flexibility index (Phi) is 29.7. The lowest BCUT2D eigenvalue weighted by Crippen LogP contribution is -2.06. The minimum Gasteiger partial charge on any atom is -0.300 e. The Morgan fingerprint density at radius 1 is 0.404 bits per heavy atom. The minimum absolute atomic E-state index is 0. The second kappa shape index (κ2) is 28.9. The predicted molar refractivity (Wildman–Crippen MR) is 194 cm³/mol. The van der Waals surface area contributed by atoms with E-state index in [4.69, 9.17) is 0 Å². The van der Waals surface area contributed by atoms with Crippen molar-refractivity contribution in [3.63, 3.8) is 0 Å². The lowest BCUT2D eigenvalue weighted by atomic mass is 10.0. The van der Waals surface area contributed by atoms with E-state index in [-0.39, 0.29) is 79.4 Å². The molecule has 0 spiro atoms. The Morgan fingerprint density at radius 2 is 0.617 bits per heavy atom. The number of alkyl halides is 2. The molecule has 0 aliphatic rings. The number of Topliss-reactive ketones (excluding diaryl/α,β-unsaturated/α-hetero) is 8. The molecule has 0 aliphatic heterocycles. The Labute approximate surface area is 297 Å². The molecule has 2 aromatic carbocycles. The first-order valence-electron chi connectivity index (χ1n) is 14.8. The molecular formula is C37H50Br2O8. The molecule has 10 heteroatoms. The van der Waals surface area contributed by atoms with Gasteiger partial charge in [-0.25, -0.2) is 0 Å². The van der Waals surface area contributed by atoms with Crippen LogP contribution in [0.2, 0.25) is 0 Å². The zero-order chi connectivity index (χ0) is 35.7. The molecule has 0 atom stereocenters. The molecule has 47 heavy (non-hydrogen) atoms. The summed E-state index contributed by atoms with van der Waals surface area (Å²) >= 11 is 6.78. The summed E-state index contributed by atoms with van der Waals surface area (Å²) in [6.45, 7) is 8.45. The van der Waals surface area contributed by atoms with Gasteiger partial charge in [0, 0.05) is 23.5 Å². The van der Waals surface area contributed by atoms with Gasteiger partial charge < -0.3 is 0 Å². The van der Waals surface area contributed by atoms with Crippen LogP contribution >= 0.6 is 31.9 Å². The van der Waals surface area contributed by atoms with Crippen LogP contribution in [0.4, 0.5) is 0 Å². The van der Waals surface area contributed by atoms with Gasteiger partial charge in [-0.1, -0.05) is 87.8 Å². The average Bonchev–Trinajstić information content (AvgIpc) is 2.94. The minimum atomic E-state index is -0.101. The SMILES string of the molecule is BrCc1ccc(CBr)cc1.C.CC(=O)CC(=O)CCc1ccc(CCC(=O)CC(C)=O)cc1.CC(=O)CC(C)=O.CC(=O)CC(C)=O. The van der Waals surface area contributed by atoms with Crippen LogP contribution < -0.4 is 0 Å². The summed E-state index contributed by atoms with van der Waals surface area (Å²) in [7, 11) is 0. The van der Waals surface area contributed by atoms with E-state index in [2.05, 4.69) is 56.1 Å². The van der Waals surface area contributed by atoms with Crippen molar-refractivity contribution < 1.29 is 38.4 Å². The molecule has 0 fully saturated rings. The molecule has 0 unspecified atom stereocenters. The van der Waals surface area contributed by atoms with Crippen molar-refractivity contribution in [2.24, 2.45) is 0 Å². The van der Waals surface area contributed by atoms with Gasteiger partial charge in [0.25, 0.3) is 0 Å². The molecule has 0 aliphatic carbocycles. The second-order valence-electron chi connectivity index (χ2n) is 10.9. The third-order valence-corrected chi connectivity index (χ3v) is 6.92. The number of benzene rings is 2. The van der Waals surface area contributed by atoms with Crippen molar-refractivity contribution in [2.75, 3.05) is 0 Å². The third-order valence-electron chi connectivity index (χ3n) is 5.63. The summed E-state index contributed by atoms with van der Waals surface area (Å²) in [5, 5.41) is 1.88. The fourth-order valence-electron chi connectivity index (χ4n) is 3.59. The first-order valence-corrected chi connectivity index (χ1v) is 17.0. The van der Waals surface area contributed by atoms with Gasteiger partial charge >= 0.3 is 0 Å². The van der Waals surface area contributed by atoms with Crippen LogP contribution in [0.25, 0.3) is 0 Å². The van der Waals surface area contributed by atoms with Gasteiger partial charge in [0.15, 0.2) is 0 Å². The quantitative estimate of drug-likeness (QED) is 0.124. The first-order chi connectivity index (χ1) is 21.5. The normalized spacial score (nSPS) is 9.36. The highest BCUT2D eigenvalue weighted by Crippen LogP contribution is 2.11. The molecule has 2 rings (SSSR count). The van der Waals surface area contributed by atoms with E-state index < -0.39 is 0 Å². The molecule has 0 amide bonds. The van der Waals surface area contributed by atoms with Crippen LogP contribution in [0.15, 0.2) is 48.5 Å². The van der Waals surface area contributed by atoms with Crippen LogP contribution in [0, 0.1) is 0 Å².